The van der Waals surface area contributed by atoms with E-state index in [-0.39, 0.29) is 17.7 Å². The van der Waals surface area contributed by atoms with Gasteiger partial charge in [0.25, 0.3) is 0 Å². The highest BCUT2D eigenvalue weighted by Gasteiger charge is 2.30. The van der Waals surface area contributed by atoms with Gasteiger partial charge in [0.2, 0.25) is 0 Å². The van der Waals surface area contributed by atoms with Crippen LogP contribution < -0.4 is 10.6 Å². The average Bonchev–Trinajstić information content (AvgIpc) is 2.39. The Labute approximate surface area is 109 Å². The van der Waals surface area contributed by atoms with E-state index in [1.165, 1.54) is 24.4 Å². The van der Waals surface area contributed by atoms with Gasteiger partial charge in [0.05, 0.1) is 18.2 Å². The number of nitrogens with one attached hydrogen (secondary N) is 2. The summed E-state index contributed by atoms with van der Waals surface area (Å²) >= 11 is 0. The minimum absolute atomic E-state index is 0.159. The molecule has 1 aliphatic heterocycles. The van der Waals surface area contributed by atoms with E-state index >= 15 is 0 Å². The first kappa shape index (κ1) is 13.1. The van der Waals surface area contributed by atoms with Crippen molar-refractivity contribution in [3.8, 4) is 0 Å². The lowest BCUT2D eigenvalue weighted by Gasteiger charge is -2.25. The molecule has 1 aliphatic rings. The molecule has 0 spiro atoms. The van der Waals surface area contributed by atoms with E-state index in [1.807, 2.05) is 0 Å². The maximum absolute atomic E-state index is 13.8. The van der Waals surface area contributed by atoms with Crippen LogP contribution in [0.1, 0.15) is 18.5 Å². The molecule has 1 heterocycles. The molecule has 0 aromatic heterocycles. The number of hydrogen-bond acceptors (Lipinski definition) is 3. The number of ether oxygens (including phenoxy) is 1. The molecular weight excluding hydrogens is 251 g/mol. The Kier molecular flexibility index (Phi) is 3.79. The third-order valence-corrected chi connectivity index (χ3v) is 2.67. The fraction of sp³-hybridized carbons (Fsp3) is 0.231. The molecule has 100 valence electrons. The molecule has 2 amide bonds. The summed E-state index contributed by atoms with van der Waals surface area (Å²) in [6.45, 7) is 1.87. The van der Waals surface area contributed by atoms with Crippen molar-refractivity contribution in [1.29, 1.82) is 0 Å². The molecule has 0 bridgehead atoms. The van der Waals surface area contributed by atoms with Crippen LogP contribution in [-0.2, 0) is 9.53 Å². The summed E-state index contributed by atoms with van der Waals surface area (Å²) in [5.74, 6) is -1.09. The molecular formula is C13H13FN2O3. The summed E-state index contributed by atoms with van der Waals surface area (Å²) in [5, 5.41) is 4.86. The molecule has 2 N–H and O–H groups in total. The lowest BCUT2D eigenvalue weighted by molar-refractivity contribution is -0.139. The second kappa shape index (κ2) is 5.51. The number of rotatable bonds is 3. The molecule has 2 rings (SSSR count). The maximum atomic E-state index is 13.8. The third-order valence-electron chi connectivity index (χ3n) is 2.67. The average molecular weight is 264 g/mol. The van der Waals surface area contributed by atoms with Crippen LogP contribution in [0.3, 0.4) is 0 Å². The Hall–Kier alpha value is -2.37. The van der Waals surface area contributed by atoms with Crippen LogP contribution in [0.4, 0.5) is 9.18 Å². The normalized spacial score (nSPS) is 18.1. The summed E-state index contributed by atoms with van der Waals surface area (Å²) in [5.41, 5.74) is 0.378. The van der Waals surface area contributed by atoms with Gasteiger partial charge in [0.1, 0.15) is 5.82 Å². The number of urea groups is 1. The predicted octanol–water partition coefficient (Wildman–Crippen LogP) is 1.63. The highest BCUT2D eigenvalue weighted by molar-refractivity contribution is 5.93. The summed E-state index contributed by atoms with van der Waals surface area (Å²) in [6, 6.07) is 4.60. The van der Waals surface area contributed by atoms with Crippen molar-refractivity contribution in [2.75, 3.05) is 6.61 Å². The van der Waals surface area contributed by atoms with Gasteiger partial charge in [-0.1, -0.05) is 18.2 Å². The molecule has 6 heteroatoms. The van der Waals surface area contributed by atoms with E-state index in [9.17, 15) is 14.0 Å². The zero-order chi connectivity index (χ0) is 13.8. The zero-order valence-corrected chi connectivity index (χ0v) is 10.3. The second-order valence-electron chi connectivity index (χ2n) is 3.89. The zero-order valence-electron chi connectivity index (χ0n) is 10.3. The van der Waals surface area contributed by atoms with Crippen LogP contribution in [-0.4, -0.2) is 18.6 Å². The van der Waals surface area contributed by atoms with Crippen molar-refractivity contribution < 1.29 is 18.7 Å². The second-order valence-corrected chi connectivity index (χ2v) is 3.89. The Balaban J connectivity index is 2.38. The van der Waals surface area contributed by atoms with Crippen LogP contribution in [0.15, 0.2) is 36.0 Å². The Morgan fingerprint density at radius 1 is 1.42 bits per heavy atom. The number of esters is 1. The van der Waals surface area contributed by atoms with Crippen molar-refractivity contribution in [2.24, 2.45) is 0 Å². The molecule has 19 heavy (non-hydrogen) atoms. The summed E-state index contributed by atoms with van der Waals surface area (Å²) in [4.78, 5) is 23.1. The largest absolute Gasteiger partial charge is 0.463 e. The molecule has 1 unspecified atom stereocenters. The van der Waals surface area contributed by atoms with Crippen molar-refractivity contribution in [1.82, 2.24) is 10.6 Å². The van der Waals surface area contributed by atoms with E-state index in [0.29, 0.717) is 0 Å². The maximum Gasteiger partial charge on any atom is 0.337 e. The van der Waals surface area contributed by atoms with Gasteiger partial charge in [-0.25, -0.2) is 14.0 Å². The predicted molar refractivity (Wildman–Crippen MR) is 65.5 cm³/mol. The summed E-state index contributed by atoms with van der Waals surface area (Å²) < 4.78 is 18.7. The number of carbonyl (C=O) groups is 2. The molecule has 1 aromatic carbocycles. The van der Waals surface area contributed by atoms with E-state index < -0.39 is 23.9 Å². The van der Waals surface area contributed by atoms with Gasteiger partial charge in [-0.15, -0.1) is 0 Å². The quantitative estimate of drug-likeness (QED) is 0.815. The van der Waals surface area contributed by atoms with Crippen molar-refractivity contribution in [2.45, 2.75) is 13.0 Å². The van der Waals surface area contributed by atoms with Crippen LogP contribution in [0, 0.1) is 5.82 Å². The molecule has 5 nitrogen and oxygen atoms in total. The van der Waals surface area contributed by atoms with Gasteiger partial charge in [0.15, 0.2) is 0 Å². The number of amides is 2. The number of halogens is 1. The summed E-state index contributed by atoms with van der Waals surface area (Å²) in [7, 11) is 0. The monoisotopic (exact) mass is 264 g/mol. The fourth-order valence-electron chi connectivity index (χ4n) is 1.82. The lowest BCUT2D eigenvalue weighted by atomic mass is 9.98. The molecule has 0 fully saturated rings. The van der Waals surface area contributed by atoms with Crippen LogP contribution in [0.5, 0.6) is 0 Å². The Morgan fingerprint density at radius 2 is 2.16 bits per heavy atom. The van der Waals surface area contributed by atoms with E-state index in [2.05, 4.69) is 10.6 Å². The van der Waals surface area contributed by atoms with E-state index in [0.717, 1.165) is 0 Å². The molecule has 0 saturated heterocycles. The van der Waals surface area contributed by atoms with Gasteiger partial charge in [-0.2, -0.15) is 0 Å². The Morgan fingerprint density at radius 3 is 2.84 bits per heavy atom. The van der Waals surface area contributed by atoms with Crippen molar-refractivity contribution in [3.63, 3.8) is 0 Å². The molecule has 0 radical (unpaired) electrons. The molecule has 0 saturated carbocycles. The molecule has 0 aliphatic carbocycles. The SMILES string of the molecule is CCOC(=O)C1=CNC(=O)NC1c1ccccc1F. The van der Waals surface area contributed by atoms with Gasteiger partial charge in [-0.3, -0.25) is 0 Å². The van der Waals surface area contributed by atoms with Crippen molar-refractivity contribution in [3.05, 3.63) is 47.4 Å². The first-order chi connectivity index (χ1) is 9.13. The van der Waals surface area contributed by atoms with Crippen LogP contribution >= 0.6 is 0 Å². The first-order valence-corrected chi connectivity index (χ1v) is 5.82. The molecule has 1 aromatic rings. The standard InChI is InChI=1S/C13H13FN2O3/c1-2-19-12(17)9-7-15-13(18)16-11(9)8-5-3-4-6-10(8)14/h3-7,11H,2H2,1H3,(H2,15,16,18). The smallest absolute Gasteiger partial charge is 0.337 e. The fourth-order valence-corrected chi connectivity index (χ4v) is 1.82. The van der Waals surface area contributed by atoms with Gasteiger partial charge >= 0.3 is 12.0 Å². The van der Waals surface area contributed by atoms with E-state index in [1.54, 1.807) is 13.0 Å². The van der Waals surface area contributed by atoms with Crippen LogP contribution in [0.25, 0.3) is 0 Å². The van der Waals surface area contributed by atoms with E-state index in [4.69, 9.17) is 4.74 Å². The minimum Gasteiger partial charge on any atom is -0.463 e. The third kappa shape index (κ3) is 2.73. The van der Waals surface area contributed by atoms with Crippen molar-refractivity contribution >= 4 is 12.0 Å². The van der Waals surface area contributed by atoms with Gasteiger partial charge in [-0.05, 0) is 13.0 Å². The molecule has 1 atom stereocenters. The van der Waals surface area contributed by atoms with Gasteiger partial charge < -0.3 is 15.4 Å². The minimum atomic E-state index is -0.853. The number of carbonyl (C=O) groups excluding carboxylic acids is 2. The first-order valence-electron chi connectivity index (χ1n) is 5.82. The highest BCUT2D eigenvalue weighted by Crippen LogP contribution is 2.26. The van der Waals surface area contributed by atoms with Gasteiger partial charge in [0, 0.05) is 11.8 Å². The number of hydrogen-bond donors (Lipinski definition) is 2. The van der Waals surface area contributed by atoms with Crippen LogP contribution in [0.2, 0.25) is 0 Å². The highest BCUT2D eigenvalue weighted by atomic mass is 19.1. The lowest BCUT2D eigenvalue weighted by Crippen LogP contribution is -2.43. The summed E-state index contributed by atoms with van der Waals surface area (Å²) in [6.07, 6.45) is 1.24. The Bertz CT molecular complexity index is 542. The number of benzene rings is 1. The topological polar surface area (TPSA) is 67.4 Å².